The molecule has 8 heteroatoms. The zero-order chi connectivity index (χ0) is 22.7. The van der Waals surface area contributed by atoms with Crippen LogP contribution in [0.1, 0.15) is 23.5 Å². The minimum absolute atomic E-state index is 0.124. The van der Waals surface area contributed by atoms with Crippen LogP contribution in [0.3, 0.4) is 0 Å². The summed E-state index contributed by atoms with van der Waals surface area (Å²) < 4.78 is 3.78. The number of fused-ring (bicyclic) bond motifs is 1. The van der Waals surface area contributed by atoms with Crippen molar-refractivity contribution < 1.29 is 4.79 Å². The molecule has 0 fully saturated rings. The molecule has 8 nitrogen and oxygen atoms in total. The van der Waals surface area contributed by atoms with Gasteiger partial charge in [-0.05, 0) is 17.5 Å². The number of nitrogens with zero attached hydrogens (tertiary/aromatic N) is 4. The van der Waals surface area contributed by atoms with Crippen molar-refractivity contribution in [3.8, 4) is 0 Å². The molecule has 2 heterocycles. The Kier molecular flexibility index (Phi) is 6.02. The van der Waals surface area contributed by atoms with E-state index < -0.39 is 11.2 Å². The summed E-state index contributed by atoms with van der Waals surface area (Å²) in [5, 5.41) is 2.86. The molecule has 32 heavy (non-hydrogen) atoms. The van der Waals surface area contributed by atoms with Crippen molar-refractivity contribution in [1.29, 1.82) is 0 Å². The van der Waals surface area contributed by atoms with Gasteiger partial charge in [-0.3, -0.25) is 14.2 Å². The number of nitrogens with one attached hydrogen (secondary N) is 1. The quantitative estimate of drug-likeness (QED) is 0.483. The fourth-order valence-electron chi connectivity index (χ4n) is 3.99. The Bertz CT molecular complexity index is 1310. The van der Waals surface area contributed by atoms with Crippen LogP contribution in [0.15, 0.2) is 76.6 Å². The maximum Gasteiger partial charge on any atom is 0.332 e. The van der Waals surface area contributed by atoms with Gasteiger partial charge in [-0.25, -0.2) is 14.3 Å². The van der Waals surface area contributed by atoms with E-state index in [1.165, 1.54) is 29.1 Å². The third-order valence-corrected chi connectivity index (χ3v) is 5.66. The summed E-state index contributed by atoms with van der Waals surface area (Å²) in [6, 6.07) is 20.3. The van der Waals surface area contributed by atoms with Crippen molar-refractivity contribution in [3.63, 3.8) is 0 Å². The zero-order valence-corrected chi connectivity index (χ0v) is 18.1. The second-order valence-corrected chi connectivity index (χ2v) is 7.77. The van der Waals surface area contributed by atoms with E-state index in [2.05, 4.69) is 34.6 Å². The highest BCUT2D eigenvalue weighted by Crippen LogP contribution is 2.27. The molecule has 0 aliphatic carbocycles. The van der Waals surface area contributed by atoms with Gasteiger partial charge in [0.25, 0.3) is 5.56 Å². The average Bonchev–Trinajstić information content (AvgIpc) is 3.21. The van der Waals surface area contributed by atoms with Gasteiger partial charge in [0.1, 0.15) is 6.54 Å². The van der Waals surface area contributed by atoms with Crippen LogP contribution in [0.25, 0.3) is 11.2 Å². The van der Waals surface area contributed by atoms with Gasteiger partial charge >= 0.3 is 5.69 Å². The zero-order valence-electron chi connectivity index (χ0n) is 18.1. The Hall–Kier alpha value is -3.94. The molecule has 0 atom stereocenters. The molecule has 4 rings (SSSR count). The summed E-state index contributed by atoms with van der Waals surface area (Å²) >= 11 is 0. The van der Waals surface area contributed by atoms with Crippen LogP contribution in [0.5, 0.6) is 0 Å². The summed E-state index contributed by atoms with van der Waals surface area (Å²) in [5.41, 5.74) is 1.83. The maximum atomic E-state index is 12.8. The standard InChI is InChI=1S/C24H25N5O3/c1-27-16-26-22-21(27)23(31)29(24(32)28(22)2)15-20(30)25-14-13-19(17-9-5-3-6-10-17)18-11-7-4-8-12-18/h3-12,16,19H,13-15H2,1-2H3,(H,25,30). The highest BCUT2D eigenvalue weighted by Gasteiger charge is 2.18. The Labute approximate surface area is 184 Å². The van der Waals surface area contributed by atoms with Crippen molar-refractivity contribution in [3.05, 3.63) is 99.0 Å². The molecule has 0 aliphatic heterocycles. The maximum absolute atomic E-state index is 12.8. The Morgan fingerprint density at radius 2 is 1.56 bits per heavy atom. The first-order chi connectivity index (χ1) is 15.5. The number of carbonyl (C=O) groups is 1. The minimum atomic E-state index is -0.567. The van der Waals surface area contributed by atoms with Crippen LogP contribution in [-0.2, 0) is 25.4 Å². The van der Waals surface area contributed by atoms with Gasteiger partial charge in [0.15, 0.2) is 11.2 Å². The van der Waals surface area contributed by atoms with Gasteiger partial charge in [-0.2, -0.15) is 0 Å². The Morgan fingerprint density at radius 1 is 0.969 bits per heavy atom. The average molecular weight is 431 g/mol. The largest absolute Gasteiger partial charge is 0.355 e. The first kappa shape index (κ1) is 21.3. The number of imidazole rings is 1. The van der Waals surface area contributed by atoms with E-state index in [4.69, 9.17) is 0 Å². The van der Waals surface area contributed by atoms with Gasteiger partial charge in [-0.15, -0.1) is 0 Å². The van der Waals surface area contributed by atoms with Crippen LogP contribution >= 0.6 is 0 Å². The molecule has 164 valence electrons. The molecule has 0 aliphatic rings. The smallest absolute Gasteiger partial charge is 0.332 e. The lowest BCUT2D eigenvalue weighted by Gasteiger charge is -2.18. The van der Waals surface area contributed by atoms with Crippen LogP contribution in [0.2, 0.25) is 0 Å². The number of benzene rings is 2. The van der Waals surface area contributed by atoms with E-state index in [-0.39, 0.29) is 23.9 Å². The number of amides is 1. The van der Waals surface area contributed by atoms with Crippen LogP contribution in [0, 0.1) is 0 Å². The lowest BCUT2D eigenvalue weighted by Crippen LogP contribution is -2.43. The van der Waals surface area contributed by atoms with Crippen LogP contribution in [0.4, 0.5) is 0 Å². The molecule has 0 unspecified atom stereocenters. The van der Waals surface area contributed by atoms with Crippen LogP contribution in [-0.4, -0.2) is 31.1 Å². The second-order valence-electron chi connectivity index (χ2n) is 7.77. The van der Waals surface area contributed by atoms with E-state index in [9.17, 15) is 14.4 Å². The minimum Gasteiger partial charge on any atom is -0.355 e. The highest BCUT2D eigenvalue weighted by molar-refractivity contribution is 5.76. The molecular weight excluding hydrogens is 406 g/mol. The van der Waals surface area contributed by atoms with Crippen molar-refractivity contribution in [2.24, 2.45) is 14.1 Å². The Morgan fingerprint density at radius 3 is 2.16 bits per heavy atom. The normalized spacial score (nSPS) is 11.2. The second kappa shape index (κ2) is 9.05. The fourth-order valence-corrected chi connectivity index (χ4v) is 3.99. The third-order valence-electron chi connectivity index (χ3n) is 5.66. The molecule has 0 saturated heterocycles. The number of aromatic nitrogens is 4. The van der Waals surface area contributed by atoms with Gasteiger partial charge in [0.05, 0.1) is 6.33 Å². The molecule has 1 amide bonds. The topological polar surface area (TPSA) is 90.9 Å². The van der Waals surface area contributed by atoms with Crippen molar-refractivity contribution in [2.75, 3.05) is 6.54 Å². The summed E-state index contributed by atoms with van der Waals surface area (Å²) in [7, 11) is 3.22. The van der Waals surface area contributed by atoms with Crippen molar-refractivity contribution >= 4 is 17.1 Å². The molecule has 2 aromatic carbocycles. The van der Waals surface area contributed by atoms with Gasteiger partial charge in [0, 0.05) is 26.6 Å². The number of aryl methyl sites for hydroxylation is 2. The number of rotatable bonds is 7. The monoisotopic (exact) mass is 431 g/mol. The lowest BCUT2D eigenvalue weighted by molar-refractivity contribution is -0.121. The first-order valence-electron chi connectivity index (χ1n) is 10.4. The van der Waals surface area contributed by atoms with Crippen molar-refractivity contribution in [2.45, 2.75) is 18.9 Å². The molecule has 2 aromatic heterocycles. The lowest BCUT2D eigenvalue weighted by atomic mass is 9.88. The van der Waals surface area contributed by atoms with E-state index in [1.807, 2.05) is 36.4 Å². The summed E-state index contributed by atoms with van der Waals surface area (Å²) in [4.78, 5) is 42.1. The molecule has 1 N–H and O–H groups in total. The molecular formula is C24H25N5O3. The predicted octanol–water partition coefficient (Wildman–Crippen LogP) is 1.77. The molecule has 0 saturated carbocycles. The Balaban J connectivity index is 1.49. The molecule has 0 spiro atoms. The van der Waals surface area contributed by atoms with E-state index in [0.717, 1.165) is 4.57 Å². The first-order valence-corrected chi connectivity index (χ1v) is 10.4. The van der Waals surface area contributed by atoms with Gasteiger partial charge < -0.3 is 9.88 Å². The van der Waals surface area contributed by atoms with Gasteiger partial charge in [0.2, 0.25) is 5.91 Å². The van der Waals surface area contributed by atoms with Crippen molar-refractivity contribution in [1.82, 2.24) is 24.0 Å². The summed E-state index contributed by atoms with van der Waals surface area (Å²) in [5.74, 6) is -0.260. The molecule has 4 aromatic rings. The number of hydrogen-bond acceptors (Lipinski definition) is 4. The highest BCUT2D eigenvalue weighted by atomic mass is 16.2. The molecule has 0 radical (unpaired) electrons. The van der Waals surface area contributed by atoms with Gasteiger partial charge in [-0.1, -0.05) is 60.7 Å². The van der Waals surface area contributed by atoms with E-state index in [0.29, 0.717) is 18.6 Å². The predicted molar refractivity (Wildman–Crippen MR) is 123 cm³/mol. The van der Waals surface area contributed by atoms with E-state index >= 15 is 0 Å². The fraction of sp³-hybridized carbons (Fsp3) is 0.250. The summed E-state index contributed by atoms with van der Waals surface area (Å²) in [6.07, 6.45) is 2.16. The number of hydrogen-bond donors (Lipinski definition) is 1. The van der Waals surface area contributed by atoms with Crippen LogP contribution < -0.4 is 16.6 Å². The molecule has 0 bridgehead atoms. The number of carbonyl (C=O) groups excluding carboxylic acids is 1. The van der Waals surface area contributed by atoms with E-state index in [1.54, 1.807) is 11.6 Å². The third kappa shape index (κ3) is 4.12. The SMILES string of the molecule is Cn1cnc2c1c(=O)n(CC(=O)NCCC(c1ccccc1)c1ccccc1)c(=O)n2C. The summed E-state index contributed by atoms with van der Waals surface area (Å²) in [6.45, 7) is 0.0737.